The van der Waals surface area contributed by atoms with Crippen molar-refractivity contribution in [1.82, 2.24) is 0 Å². The van der Waals surface area contributed by atoms with E-state index in [9.17, 15) is 4.79 Å². The molecule has 1 aliphatic heterocycles. The second-order valence-electron chi connectivity index (χ2n) is 2.33. The highest BCUT2D eigenvalue weighted by Crippen LogP contribution is 2.43. The van der Waals surface area contributed by atoms with Gasteiger partial charge in [-0.3, -0.25) is 0 Å². The van der Waals surface area contributed by atoms with Crippen LogP contribution in [-0.2, 0) is 0 Å². The standard InChI is InChI=1S/C7H4N2O3/c10-4-2-1-3-6(9-8-3)5(4)7(11)12/h1-2,10H,(H,11,12). The Balaban J connectivity index is 2.68. The number of aromatic hydroxyl groups is 1. The van der Waals surface area contributed by atoms with Crippen molar-refractivity contribution in [1.29, 1.82) is 0 Å². The van der Waals surface area contributed by atoms with E-state index in [0.29, 0.717) is 5.69 Å². The van der Waals surface area contributed by atoms with Crippen LogP contribution in [0.25, 0.3) is 0 Å². The number of azo groups is 1. The van der Waals surface area contributed by atoms with Gasteiger partial charge in [0.25, 0.3) is 0 Å². The maximum absolute atomic E-state index is 10.6. The van der Waals surface area contributed by atoms with Gasteiger partial charge in [-0.25, -0.2) is 4.79 Å². The van der Waals surface area contributed by atoms with E-state index >= 15 is 0 Å². The van der Waals surface area contributed by atoms with Gasteiger partial charge in [0.2, 0.25) is 0 Å². The zero-order chi connectivity index (χ0) is 8.72. The average molecular weight is 164 g/mol. The van der Waals surface area contributed by atoms with Crippen molar-refractivity contribution < 1.29 is 15.0 Å². The summed E-state index contributed by atoms with van der Waals surface area (Å²) < 4.78 is 0. The van der Waals surface area contributed by atoms with Crippen molar-refractivity contribution in [3.63, 3.8) is 0 Å². The van der Waals surface area contributed by atoms with E-state index in [1.165, 1.54) is 12.1 Å². The molecule has 0 aliphatic carbocycles. The molecule has 1 aromatic carbocycles. The lowest BCUT2D eigenvalue weighted by molar-refractivity contribution is 0.0694. The summed E-state index contributed by atoms with van der Waals surface area (Å²) in [6.45, 7) is 0. The van der Waals surface area contributed by atoms with Crippen LogP contribution in [0.5, 0.6) is 5.75 Å². The maximum atomic E-state index is 10.6. The largest absolute Gasteiger partial charge is 0.507 e. The van der Waals surface area contributed by atoms with Crippen molar-refractivity contribution in [2.24, 2.45) is 10.2 Å². The summed E-state index contributed by atoms with van der Waals surface area (Å²) in [6.07, 6.45) is 0. The predicted molar refractivity (Wildman–Crippen MR) is 39.2 cm³/mol. The van der Waals surface area contributed by atoms with Gasteiger partial charge >= 0.3 is 5.97 Å². The third-order valence-electron chi connectivity index (χ3n) is 1.61. The van der Waals surface area contributed by atoms with E-state index in [2.05, 4.69) is 10.2 Å². The number of rotatable bonds is 1. The molecule has 0 amide bonds. The molecule has 5 heteroatoms. The normalized spacial score (nSPS) is 12.0. The molecule has 0 unspecified atom stereocenters. The van der Waals surface area contributed by atoms with Gasteiger partial charge in [0.1, 0.15) is 22.7 Å². The van der Waals surface area contributed by atoms with Crippen LogP contribution in [0.2, 0.25) is 0 Å². The first-order valence-corrected chi connectivity index (χ1v) is 3.21. The van der Waals surface area contributed by atoms with Gasteiger partial charge in [0, 0.05) is 0 Å². The van der Waals surface area contributed by atoms with Crippen LogP contribution in [0.1, 0.15) is 10.4 Å². The van der Waals surface area contributed by atoms with E-state index < -0.39 is 5.97 Å². The third-order valence-corrected chi connectivity index (χ3v) is 1.61. The number of hydrogen-bond donors (Lipinski definition) is 2. The topological polar surface area (TPSA) is 82.2 Å². The highest BCUT2D eigenvalue weighted by atomic mass is 16.4. The SMILES string of the molecule is O=C(O)c1c(O)ccc2c1N=N2. The van der Waals surface area contributed by atoms with Crippen LogP contribution in [0.3, 0.4) is 0 Å². The van der Waals surface area contributed by atoms with Gasteiger partial charge in [-0.2, -0.15) is 0 Å². The molecule has 0 fully saturated rings. The Morgan fingerprint density at radius 3 is 2.50 bits per heavy atom. The fourth-order valence-corrected chi connectivity index (χ4v) is 1.02. The minimum Gasteiger partial charge on any atom is -0.507 e. The van der Waals surface area contributed by atoms with Crippen LogP contribution < -0.4 is 0 Å². The molecule has 1 heterocycles. The van der Waals surface area contributed by atoms with Crippen LogP contribution in [0, 0.1) is 0 Å². The first kappa shape index (κ1) is 6.78. The Labute approximate surface area is 67.0 Å². The Bertz CT molecular complexity index is 398. The second kappa shape index (κ2) is 2.04. The Kier molecular flexibility index (Phi) is 1.15. The number of carbonyl (C=O) groups is 1. The molecule has 0 saturated carbocycles. The molecule has 60 valence electrons. The molecule has 2 rings (SSSR count). The van der Waals surface area contributed by atoms with E-state index in [0.717, 1.165) is 0 Å². The van der Waals surface area contributed by atoms with Crippen molar-refractivity contribution in [3.8, 4) is 5.75 Å². The van der Waals surface area contributed by atoms with Crippen LogP contribution >= 0.6 is 0 Å². The molecule has 0 bridgehead atoms. The van der Waals surface area contributed by atoms with Gasteiger partial charge in [-0.1, -0.05) is 0 Å². The molecular weight excluding hydrogens is 160 g/mol. The van der Waals surface area contributed by atoms with E-state index in [4.69, 9.17) is 10.2 Å². The fraction of sp³-hybridized carbons (Fsp3) is 0. The molecule has 0 spiro atoms. The molecule has 0 saturated heterocycles. The summed E-state index contributed by atoms with van der Waals surface area (Å²) in [4.78, 5) is 10.6. The van der Waals surface area contributed by atoms with Crippen molar-refractivity contribution >= 4 is 17.3 Å². The van der Waals surface area contributed by atoms with Gasteiger partial charge in [-0.05, 0) is 12.1 Å². The Hall–Kier alpha value is -1.91. The van der Waals surface area contributed by atoms with Crippen molar-refractivity contribution in [3.05, 3.63) is 17.7 Å². The zero-order valence-corrected chi connectivity index (χ0v) is 5.85. The molecule has 0 atom stereocenters. The van der Waals surface area contributed by atoms with Crippen LogP contribution in [-0.4, -0.2) is 16.2 Å². The highest BCUT2D eigenvalue weighted by Gasteiger charge is 2.22. The van der Waals surface area contributed by atoms with Gasteiger partial charge in [-0.15, -0.1) is 10.2 Å². The van der Waals surface area contributed by atoms with Crippen LogP contribution in [0.15, 0.2) is 22.4 Å². The average Bonchev–Trinajstić information content (AvgIpc) is 1.94. The summed E-state index contributed by atoms with van der Waals surface area (Å²) in [7, 11) is 0. The molecule has 2 N–H and O–H groups in total. The lowest BCUT2D eigenvalue weighted by Crippen LogP contribution is -1.99. The van der Waals surface area contributed by atoms with Crippen LogP contribution in [0.4, 0.5) is 11.4 Å². The smallest absolute Gasteiger partial charge is 0.341 e. The molecule has 1 aliphatic rings. The van der Waals surface area contributed by atoms with Gasteiger partial charge in [0.15, 0.2) is 0 Å². The maximum Gasteiger partial charge on any atom is 0.341 e. The number of phenols is 1. The quantitative estimate of drug-likeness (QED) is 0.674. The van der Waals surface area contributed by atoms with E-state index in [-0.39, 0.29) is 17.0 Å². The number of carboxylic acid groups (broad SMARTS) is 1. The monoisotopic (exact) mass is 164 g/mol. The lowest BCUT2D eigenvalue weighted by Gasteiger charge is -2.10. The molecule has 0 aromatic heterocycles. The summed E-state index contributed by atoms with van der Waals surface area (Å²) in [5.74, 6) is -1.47. The first-order valence-electron chi connectivity index (χ1n) is 3.21. The molecular formula is C7H4N2O3. The highest BCUT2D eigenvalue weighted by molar-refractivity contribution is 6.00. The van der Waals surface area contributed by atoms with E-state index in [1.54, 1.807) is 0 Å². The zero-order valence-electron chi connectivity index (χ0n) is 5.85. The lowest BCUT2D eigenvalue weighted by atomic mass is 10.1. The number of nitrogens with zero attached hydrogens (tertiary/aromatic N) is 2. The molecule has 12 heavy (non-hydrogen) atoms. The summed E-state index contributed by atoms with van der Waals surface area (Å²) in [5.41, 5.74) is 0.579. The molecule has 0 radical (unpaired) electrons. The first-order chi connectivity index (χ1) is 5.70. The summed E-state index contributed by atoms with van der Waals surface area (Å²) in [6, 6.07) is 2.81. The minimum atomic E-state index is -1.19. The summed E-state index contributed by atoms with van der Waals surface area (Å²) in [5, 5.41) is 24.8. The predicted octanol–water partition coefficient (Wildman–Crippen LogP) is 1.82. The Morgan fingerprint density at radius 1 is 1.33 bits per heavy atom. The number of aromatic carboxylic acids is 1. The number of carboxylic acids is 1. The van der Waals surface area contributed by atoms with E-state index in [1.807, 2.05) is 0 Å². The molecule has 1 aromatic rings. The second-order valence-corrected chi connectivity index (χ2v) is 2.33. The van der Waals surface area contributed by atoms with Crippen molar-refractivity contribution in [2.75, 3.05) is 0 Å². The third kappa shape index (κ3) is 0.701. The number of hydrogen-bond acceptors (Lipinski definition) is 4. The fourth-order valence-electron chi connectivity index (χ4n) is 1.02. The van der Waals surface area contributed by atoms with Crippen molar-refractivity contribution in [2.45, 2.75) is 0 Å². The van der Waals surface area contributed by atoms with Gasteiger partial charge < -0.3 is 10.2 Å². The Morgan fingerprint density at radius 2 is 2.08 bits per heavy atom. The van der Waals surface area contributed by atoms with Gasteiger partial charge in [0.05, 0.1) is 0 Å². The number of fused-ring (bicyclic) bond motifs is 1. The summed E-state index contributed by atoms with van der Waals surface area (Å²) >= 11 is 0. The number of benzene rings is 1. The molecule has 5 nitrogen and oxygen atoms in total. The minimum absolute atomic E-state index is 0.178.